The maximum Gasteiger partial charge on any atom is 0.416 e. The molecular weight excluding hydrogens is 248 g/mol. The van der Waals surface area contributed by atoms with Gasteiger partial charge in [0.15, 0.2) is 5.85 Å². The summed E-state index contributed by atoms with van der Waals surface area (Å²) < 4.78 is 47.4. The van der Waals surface area contributed by atoms with Gasteiger partial charge >= 0.3 is 13.8 Å². The minimum Gasteiger partial charge on any atom is -0.376 e. The van der Waals surface area contributed by atoms with Crippen LogP contribution in [-0.4, -0.2) is 14.9 Å². The third-order valence-corrected chi connectivity index (χ3v) is 2.77. The van der Waals surface area contributed by atoms with Crippen LogP contribution < -0.4 is 0 Å². The monoisotopic (exact) mass is 256 g/mol. The van der Waals surface area contributed by atoms with Gasteiger partial charge in [-0.25, -0.2) is 0 Å². The predicted octanol–water partition coefficient (Wildman–Crippen LogP) is 1.87. The number of aliphatic hydroxyl groups is 1. The summed E-state index contributed by atoms with van der Waals surface area (Å²) in [5.41, 5.74) is -1.54. The Morgan fingerprint density at radius 2 is 1.81 bits per heavy atom. The van der Waals surface area contributed by atoms with Gasteiger partial charge in [-0.05, 0) is 17.7 Å². The van der Waals surface area contributed by atoms with E-state index in [1.165, 1.54) is 0 Å². The van der Waals surface area contributed by atoms with Crippen LogP contribution in [0.1, 0.15) is 17.0 Å². The molecule has 0 spiro atoms. The third-order valence-electron chi connectivity index (χ3n) is 1.83. The normalized spacial score (nSPS) is 14.9. The molecule has 0 saturated carbocycles. The minimum absolute atomic E-state index is 0.469. The van der Waals surface area contributed by atoms with Gasteiger partial charge in [0, 0.05) is 0 Å². The first-order valence-corrected chi connectivity index (χ1v) is 5.71. The van der Waals surface area contributed by atoms with Crippen LogP contribution in [0.3, 0.4) is 0 Å². The van der Waals surface area contributed by atoms with Gasteiger partial charge in [0.25, 0.3) is 0 Å². The van der Waals surface area contributed by atoms with Crippen molar-refractivity contribution in [3.8, 4) is 0 Å². The van der Waals surface area contributed by atoms with Crippen LogP contribution in [0.5, 0.6) is 0 Å². The second-order valence-electron chi connectivity index (χ2n) is 3.09. The van der Waals surface area contributed by atoms with E-state index in [-0.39, 0.29) is 0 Å². The summed E-state index contributed by atoms with van der Waals surface area (Å²) in [5, 5.41) is 9.12. The Bertz CT molecular complexity index is 426. The van der Waals surface area contributed by atoms with E-state index in [0.29, 0.717) is 6.07 Å². The molecule has 0 fully saturated rings. The molecule has 0 unspecified atom stereocenters. The molecular formula is C8H8F3O4P. The van der Waals surface area contributed by atoms with Gasteiger partial charge in [0.1, 0.15) is 0 Å². The molecule has 0 aliphatic rings. The topological polar surface area (TPSA) is 77.8 Å². The summed E-state index contributed by atoms with van der Waals surface area (Å²) in [6.45, 7) is 0. The molecule has 1 atom stereocenters. The molecule has 3 N–H and O–H groups in total. The summed E-state index contributed by atoms with van der Waals surface area (Å²) in [5.74, 6) is -2.24. The van der Waals surface area contributed by atoms with Crippen LogP contribution in [0, 0.1) is 0 Å². The summed E-state index contributed by atoms with van der Waals surface area (Å²) in [7, 11) is -4.86. The highest BCUT2D eigenvalue weighted by atomic mass is 31.2. The molecule has 0 saturated heterocycles. The van der Waals surface area contributed by atoms with Crippen molar-refractivity contribution >= 4 is 7.60 Å². The number of aliphatic hydroxyl groups excluding tert-OH is 1. The van der Waals surface area contributed by atoms with Crippen molar-refractivity contribution in [3.63, 3.8) is 0 Å². The molecule has 16 heavy (non-hydrogen) atoms. The van der Waals surface area contributed by atoms with Gasteiger partial charge in [-0.2, -0.15) is 13.2 Å². The third kappa shape index (κ3) is 3.05. The first-order chi connectivity index (χ1) is 7.12. The van der Waals surface area contributed by atoms with Crippen molar-refractivity contribution in [2.24, 2.45) is 0 Å². The second kappa shape index (κ2) is 4.18. The van der Waals surface area contributed by atoms with Crippen LogP contribution in [0.2, 0.25) is 0 Å². The van der Waals surface area contributed by atoms with Crippen LogP contribution in [0.15, 0.2) is 24.3 Å². The molecule has 0 aromatic heterocycles. The molecule has 4 nitrogen and oxygen atoms in total. The molecule has 1 rings (SSSR count). The van der Waals surface area contributed by atoms with Crippen LogP contribution in [0.4, 0.5) is 13.2 Å². The van der Waals surface area contributed by atoms with E-state index in [2.05, 4.69) is 0 Å². The molecule has 0 heterocycles. The van der Waals surface area contributed by atoms with Crippen molar-refractivity contribution in [1.82, 2.24) is 0 Å². The summed E-state index contributed by atoms with van der Waals surface area (Å²) >= 11 is 0. The fourth-order valence-electron chi connectivity index (χ4n) is 1.07. The van der Waals surface area contributed by atoms with Crippen LogP contribution in [0.25, 0.3) is 0 Å². The van der Waals surface area contributed by atoms with Gasteiger partial charge in [-0.1, -0.05) is 12.1 Å². The zero-order valence-corrected chi connectivity index (χ0v) is 8.61. The fraction of sp³-hybridized carbons (Fsp3) is 0.250. The summed E-state index contributed by atoms with van der Waals surface area (Å²) in [6.07, 6.45) is -4.62. The fourth-order valence-corrected chi connectivity index (χ4v) is 1.62. The number of hydrogen-bond donors (Lipinski definition) is 3. The lowest BCUT2D eigenvalue weighted by Crippen LogP contribution is -2.07. The highest BCUT2D eigenvalue weighted by Crippen LogP contribution is 2.50. The highest BCUT2D eigenvalue weighted by molar-refractivity contribution is 7.51. The quantitative estimate of drug-likeness (QED) is 0.706. The van der Waals surface area contributed by atoms with E-state index >= 15 is 0 Å². The average molecular weight is 256 g/mol. The Balaban J connectivity index is 3.14. The zero-order chi connectivity index (χ0) is 12.6. The van der Waals surface area contributed by atoms with Gasteiger partial charge in [-0.3, -0.25) is 4.57 Å². The van der Waals surface area contributed by atoms with E-state index in [1.807, 2.05) is 0 Å². The van der Waals surface area contributed by atoms with Crippen molar-refractivity contribution in [2.45, 2.75) is 12.0 Å². The Hall–Kier alpha value is -0.880. The number of benzene rings is 1. The Morgan fingerprint density at radius 3 is 2.25 bits per heavy atom. The van der Waals surface area contributed by atoms with E-state index in [1.54, 1.807) is 0 Å². The first-order valence-electron chi connectivity index (χ1n) is 4.03. The molecule has 1 aromatic rings. The Labute approximate surface area is 88.5 Å². The van der Waals surface area contributed by atoms with E-state index in [9.17, 15) is 17.7 Å². The SMILES string of the molecule is O=P(O)(O)[C@H](O)c1cccc(C(F)(F)F)c1. The first kappa shape index (κ1) is 13.2. The van der Waals surface area contributed by atoms with Gasteiger partial charge < -0.3 is 14.9 Å². The van der Waals surface area contributed by atoms with E-state index in [0.717, 1.165) is 18.2 Å². The Kier molecular flexibility index (Phi) is 3.44. The Morgan fingerprint density at radius 1 is 1.25 bits per heavy atom. The minimum atomic E-state index is -4.86. The highest BCUT2D eigenvalue weighted by Gasteiger charge is 2.33. The van der Waals surface area contributed by atoms with Crippen molar-refractivity contribution in [1.29, 1.82) is 0 Å². The van der Waals surface area contributed by atoms with E-state index < -0.39 is 30.7 Å². The predicted molar refractivity (Wildman–Crippen MR) is 48.4 cm³/mol. The second-order valence-corrected chi connectivity index (χ2v) is 4.75. The molecule has 0 bridgehead atoms. The lowest BCUT2D eigenvalue weighted by molar-refractivity contribution is -0.137. The molecule has 90 valence electrons. The lowest BCUT2D eigenvalue weighted by atomic mass is 10.1. The van der Waals surface area contributed by atoms with Crippen molar-refractivity contribution in [3.05, 3.63) is 35.4 Å². The van der Waals surface area contributed by atoms with Crippen LogP contribution in [-0.2, 0) is 10.7 Å². The molecule has 0 radical (unpaired) electrons. The molecule has 8 heteroatoms. The lowest BCUT2D eigenvalue weighted by Gasteiger charge is -2.14. The van der Waals surface area contributed by atoms with Gasteiger partial charge in [0.05, 0.1) is 5.56 Å². The molecule has 0 amide bonds. The number of hydrogen-bond acceptors (Lipinski definition) is 2. The summed E-state index contributed by atoms with van der Waals surface area (Å²) in [6, 6.07) is 3.23. The summed E-state index contributed by atoms with van der Waals surface area (Å²) in [4.78, 5) is 17.2. The molecule has 0 aliphatic heterocycles. The smallest absolute Gasteiger partial charge is 0.376 e. The average Bonchev–Trinajstić information content (AvgIpc) is 2.14. The maximum atomic E-state index is 12.3. The van der Waals surface area contributed by atoms with Crippen molar-refractivity contribution in [2.75, 3.05) is 0 Å². The zero-order valence-electron chi connectivity index (χ0n) is 7.72. The standard InChI is InChI=1S/C8H8F3O4P/c9-8(10,11)6-3-1-2-5(4-6)7(12)16(13,14)15/h1-4,7,12H,(H2,13,14,15)/t7-/m0/s1. The molecule has 0 aliphatic carbocycles. The number of rotatable bonds is 2. The van der Waals surface area contributed by atoms with Crippen LogP contribution >= 0.6 is 7.60 Å². The number of alkyl halides is 3. The number of halogens is 3. The van der Waals surface area contributed by atoms with Gasteiger partial charge in [-0.15, -0.1) is 0 Å². The van der Waals surface area contributed by atoms with Gasteiger partial charge in [0.2, 0.25) is 0 Å². The largest absolute Gasteiger partial charge is 0.416 e. The molecule has 1 aromatic carbocycles. The van der Waals surface area contributed by atoms with Crippen molar-refractivity contribution < 1.29 is 32.6 Å². The van der Waals surface area contributed by atoms with E-state index in [4.69, 9.17) is 14.9 Å². The maximum absolute atomic E-state index is 12.3.